The Morgan fingerprint density at radius 1 is 1.04 bits per heavy atom. The highest BCUT2D eigenvalue weighted by Gasteiger charge is 2.10. The fraction of sp³-hybridized carbons (Fsp3) is 0.211. The van der Waals surface area contributed by atoms with Crippen molar-refractivity contribution in [1.29, 1.82) is 0 Å². The topological polar surface area (TPSA) is 71.1 Å². The Morgan fingerprint density at radius 3 is 2.40 bits per heavy atom. The predicted octanol–water partition coefficient (Wildman–Crippen LogP) is 4.63. The lowest BCUT2D eigenvalue weighted by atomic mass is 10.0. The molecule has 1 heterocycles. The van der Waals surface area contributed by atoms with Gasteiger partial charge in [-0.15, -0.1) is 0 Å². The van der Waals surface area contributed by atoms with E-state index in [9.17, 15) is 9.59 Å². The van der Waals surface area contributed by atoms with Gasteiger partial charge in [0.05, 0.1) is 10.2 Å². The van der Waals surface area contributed by atoms with Crippen LogP contribution in [-0.4, -0.2) is 16.8 Å². The number of rotatable bonds is 4. The van der Waals surface area contributed by atoms with Crippen LogP contribution in [0.1, 0.15) is 42.6 Å². The lowest BCUT2D eigenvalue weighted by Gasteiger charge is -2.08. The van der Waals surface area contributed by atoms with Gasteiger partial charge in [0.2, 0.25) is 5.91 Å². The van der Waals surface area contributed by atoms with Gasteiger partial charge in [0, 0.05) is 18.2 Å². The van der Waals surface area contributed by atoms with Crippen LogP contribution in [0.2, 0.25) is 0 Å². The van der Waals surface area contributed by atoms with Crippen LogP contribution in [0.25, 0.3) is 10.2 Å². The molecule has 0 bridgehead atoms. The number of nitrogens with zero attached hydrogens (tertiary/aromatic N) is 1. The normalized spacial score (nSPS) is 10.9. The maximum atomic E-state index is 12.4. The molecular formula is C19H19N3O2S. The van der Waals surface area contributed by atoms with Crippen LogP contribution in [0.5, 0.6) is 0 Å². The molecule has 2 amide bonds. The van der Waals surface area contributed by atoms with Crippen LogP contribution in [0.3, 0.4) is 0 Å². The molecule has 2 N–H and O–H groups in total. The van der Waals surface area contributed by atoms with E-state index >= 15 is 0 Å². The van der Waals surface area contributed by atoms with E-state index in [0.717, 1.165) is 10.2 Å². The molecule has 0 aliphatic carbocycles. The molecule has 0 aliphatic rings. The van der Waals surface area contributed by atoms with E-state index in [1.165, 1.54) is 23.8 Å². The predicted molar refractivity (Wildman–Crippen MR) is 102 cm³/mol. The second-order valence-electron chi connectivity index (χ2n) is 6.11. The van der Waals surface area contributed by atoms with Crippen molar-refractivity contribution in [1.82, 2.24) is 4.98 Å². The minimum absolute atomic E-state index is 0.152. The second kappa shape index (κ2) is 7.03. The largest absolute Gasteiger partial charge is 0.322 e. The Hall–Kier alpha value is -2.73. The number of aromatic nitrogens is 1. The van der Waals surface area contributed by atoms with Gasteiger partial charge in [-0.2, -0.15) is 0 Å². The number of anilines is 2. The van der Waals surface area contributed by atoms with Crippen molar-refractivity contribution in [3.8, 4) is 0 Å². The number of thiazole rings is 1. The number of carbonyl (C=O) groups is 2. The van der Waals surface area contributed by atoms with Crippen molar-refractivity contribution in [2.75, 3.05) is 10.6 Å². The molecule has 0 atom stereocenters. The molecule has 0 spiro atoms. The van der Waals surface area contributed by atoms with E-state index in [0.29, 0.717) is 22.3 Å². The van der Waals surface area contributed by atoms with Crippen molar-refractivity contribution in [2.24, 2.45) is 0 Å². The third-order valence-corrected chi connectivity index (χ3v) is 4.70. The van der Waals surface area contributed by atoms with E-state index < -0.39 is 0 Å². The first kappa shape index (κ1) is 17.1. The minimum Gasteiger partial charge on any atom is -0.322 e. The summed E-state index contributed by atoms with van der Waals surface area (Å²) in [5, 5.41) is 6.13. The number of nitrogens with one attached hydrogen (secondary N) is 2. The van der Waals surface area contributed by atoms with Crippen molar-refractivity contribution < 1.29 is 9.59 Å². The van der Waals surface area contributed by atoms with Crippen LogP contribution < -0.4 is 10.6 Å². The maximum Gasteiger partial charge on any atom is 0.255 e. The first-order chi connectivity index (χ1) is 11.9. The Balaban J connectivity index is 1.77. The summed E-state index contributed by atoms with van der Waals surface area (Å²) in [6.07, 6.45) is 0. The van der Waals surface area contributed by atoms with Gasteiger partial charge in [0.25, 0.3) is 5.91 Å². The number of hydrogen-bond donors (Lipinski definition) is 2. The summed E-state index contributed by atoms with van der Waals surface area (Å²) in [7, 11) is 0. The lowest BCUT2D eigenvalue weighted by molar-refractivity contribution is -0.114. The average molecular weight is 353 g/mol. The Morgan fingerprint density at radius 2 is 1.76 bits per heavy atom. The van der Waals surface area contributed by atoms with Gasteiger partial charge in [-0.1, -0.05) is 37.3 Å². The molecule has 0 radical (unpaired) electrons. The zero-order valence-electron chi connectivity index (χ0n) is 14.3. The van der Waals surface area contributed by atoms with Gasteiger partial charge in [-0.05, 0) is 41.8 Å². The first-order valence-electron chi connectivity index (χ1n) is 8.02. The van der Waals surface area contributed by atoms with Crippen LogP contribution in [0.4, 0.5) is 10.8 Å². The third kappa shape index (κ3) is 4.03. The molecule has 128 valence electrons. The Bertz CT molecular complexity index is 929. The summed E-state index contributed by atoms with van der Waals surface area (Å²) in [5.74, 6) is 0.127. The number of fused-ring (bicyclic) bond motifs is 1. The SMILES string of the molecule is CC(=O)Nc1nc2ccc(NC(=O)c3ccc(C(C)C)cc3)cc2s1. The standard InChI is InChI=1S/C19H19N3O2S/c1-11(2)13-4-6-14(7-5-13)18(24)21-15-8-9-16-17(10-15)25-19(22-16)20-12(3)23/h4-11H,1-3H3,(H,21,24)(H,20,22,23). The molecule has 0 unspecified atom stereocenters. The summed E-state index contributed by atoms with van der Waals surface area (Å²) in [6, 6.07) is 13.1. The fourth-order valence-corrected chi connectivity index (χ4v) is 3.38. The molecule has 25 heavy (non-hydrogen) atoms. The smallest absolute Gasteiger partial charge is 0.255 e. The highest BCUT2D eigenvalue weighted by atomic mass is 32.1. The molecule has 3 rings (SSSR count). The first-order valence-corrected chi connectivity index (χ1v) is 8.83. The minimum atomic E-state index is -0.155. The summed E-state index contributed by atoms with van der Waals surface area (Å²) in [6.45, 7) is 5.69. The van der Waals surface area contributed by atoms with Crippen molar-refractivity contribution in [2.45, 2.75) is 26.7 Å². The molecule has 1 aromatic heterocycles. The molecule has 3 aromatic rings. The van der Waals surface area contributed by atoms with Gasteiger partial charge >= 0.3 is 0 Å². The van der Waals surface area contributed by atoms with Gasteiger partial charge in [-0.25, -0.2) is 4.98 Å². The number of benzene rings is 2. The molecule has 0 saturated carbocycles. The zero-order chi connectivity index (χ0) is 18.0. The van der Waals surface area contributed by atoms with E-state index in [-0.39, 0.29) is 11.8 Å². The molecule has 0 fully saturated rings. The quantitative estimate of drug-likeness (QED) is 0.718. The van der Waals surface area contributed by atoms with Gasteiger partial charge in [0.15, 0.2) is 5.13 Å². The second-order valence-corrected chi connectivity index (χ2v) is 7.14. The number of carbonyl (C=O) groups excluding carboxylic acids is 2. The number of hydrogen-bond acceptors (Lipinski definition) is 4. The van der Waals surface area contributed by atoms with Gasteiger partial charge < -0.3 is 10.6 Å². The van der Waals surface area contributed by atoms with Crippen LogP contribution >= 0.6 is 11.3 Å². The van der Waals surface area contributed by atoms with Crippen LogP contribution in [-0.2, 0) is 4.79 Å². The van der Waals surface area contributed by atoms with Gasteiger partial charge in [0.1, 0.15) is 0 Å². The van der Waals surface area contributed by atoms with Crippen LogP contribution in [0, 0.1) is 0 Å². The van der Waals surface area contributed by atoms with E-state index in [4.69, 9.17) is 0 Å². The molecule has 6 heteroatoms. The molecule has 5 nitrogen and oxygen atoms in total. The molecule has 0 saturated heterocycles. The highest BCUT2D eigenvalue weighted by Crippen LogP contribution is 2.28. The van der Waals surface area contributed by atoms with E-state index in [1.807, 2.05) is 36.4 Å². The van der Waals surface area contributed by atoms with Crippen molar-refractivity contribution in [3.63, 3.8) is 0 Å². The Labute approximate surface area is 150 Å². The lowest BCUT2D eigenvalue weighted by Crippen LogP contribution is -2.11. The zero-order valence-corrected chi connectivity index (χ0v) is 15.1. The summed E-state index contributed by atoms with van der Waals surface area (Å²) in [5.41, 5.74) is 3.30. The fourth-order valence-electron chi connectivity index (χ4n) is 2.43. The Kier molecular flexibility index (Phi) is 4.81. The van der Waals surface area contributed by atoms with Gasteiger partial charge in [-0.3, -0.25) is 9.59 Å². The van der Waals surface area contributed by atoms with E-state index in [1.54, 1.807) is 6.07 Å². The van der Waals surface area contributed by atoms with Crippen LogP contribution in [0.15, 0.2) is 42.5 Å². The monoisotopic (exact) mass is 353 g/mol. The molecule has 0 aliphatic heterocycles. The number of amides is 2. The average Bonchev–Trinajstić information content (AvgIpc) is 2.95. The molecule has 2 aromatic carbocycles. The van der Waals surface area contributed by atoms with Crippen molar-refractivity contribution >= 4 is 44.2 Å². The summed E-state index contributed by atoms with van der Waals surface area (Å²) in [4.78, 5) is 27.9. The van der Waals surface area contributed by atoms with E-state index in [2.05, 4.69) is 29.5 Å². The van der Waals surface area contributed by atoms with Crippen molar-refractivity contribution in [3.05, 3.63) is 53.6 Å². The highest BCUT2D eigenvalue weighted by molar-refractivity contribution is 7.22. The molecular weight excluding hydrogens is 334 g/mol. The third-order valence-electron chi connectivity index (χ3n) is 3.77. The summed E-state index contributed by atoms with van der Waals surface area (Å²) >= 11 is 1.37. The summed E-state index contributed by atoms with van der Waals surface area (Å²) < 4.78 is 0.900. The maximum absolute atomic E-state index is 12.4.